The first-order valence-corrected chi connectivity index (χ1v) is 20.3. The van der Waals surface area contributed by atoms with Gasteiger partial charge in [-0.2, -0.15) is 0 Å². The summed E-state index contributed by atoms with van der Waals surface area (Å²) < 4.78 is 5.71. The average Bonchev–Trinajstić information content (AvgIpc) is 3.28. The van der Waals surface area contributed by atoms with E-state index in [0.717, 1.165) is 83.7 Å². The molecule has 1 aliphatic heterocycles. The van der Waals surface area contributed by atoms with Crippen LogP contribution in [0.5, 0.6) is 0 Å². The molecule has 0 aromatic heterocycles. The maximum Gasteiger partial charge on any atom is 0.173 e. The molecule has 5 aliphatic rings. The van der Waals surface area contributed by atoms with Crippen molar-refractivity contribution in [3.05, 3.63) is 0 Å². The Morgan fingerprint density at radius 1 is 0.878 bits per heavy atom. The summed E-state index contributed by atoms with van der Waals surface area (Å²) in [5.74, 6) is 8.84. The van der Waals surface area contributed by atoms with Gasteiger partial charge in [0.2, 0.25) is 0 Å². The summed E-state index contributed by atoms with van der Waals surface area (Å²) in [6.45, 7) is 4.21. The second kappa shape index (κ2) is 19.5. The number of methoxy groups -OCH3 is 1. The molecule has 1 heterocycles. The zero-order valence-corrected chi connectivity index (χ0v) is 30.6. The summed E-state index contributed by atoms with van der Waals surface area (Å²) in [6.07, 6.45) is 16.0. The van der Waals surface area contributed by atoms with Gasteiger partial charge in [-0.15, -0.1) is 0 Å². The Labute approximate surface area is 296 Å². The van der Waals surface area contributed by atoms with Crippen molar-refractivity contribution in [2.75, 3.05) is 26.8 Å². The lowest BCUT2D eigenvalue weighted by Gasteiger charge is -2.44. The van der Waals surface area contributed by atoms with E-state index in [1.807, 2.05) is 0 Å². The van der Waals surface area contributed by atoms with Gasteiger partial charge in [-0.25, -0.2) is 0 Å². The Balaban J connectivity index is 1.47. The summed E-state index contributed by atoms with van der Waals surface area (Å²) in [6, 6.07) is 0. The first kappa shape index (κ1) is 38.9. The molecule has 49 heavy (non-hydrogen) atoms. The van der Waals surface area contributed by atoms with Gasteiger partial charge in [0, 0.05) is 37.9 Å². The first-order valence-electron chi connectivity index (χ1n) is 20.3. The number of fused-ring (bicyclic) bond motifs is 2. The molecule has 4 aliphatic carbocycles. The van der Waals surface area contributed by atoms with Crippen molar-refractivity contribution < 1.29 is 29.6 Å². The number of piperidine rings is 1. The van der Waals surface area contributed by atoms with E-state index < -0.39 is 18.1 Å². The van der Waals surface area contributed by atoms with E-state index in [2.05, 4.69) is 29.4 Å². The molecule has 0 aromatic carbocycles. The third-order valence-corrected chi connectivity index (χ3v) is 13.3. The Morgan fingerprint density at radius 3 is 2.45 bits per heavy atom. The SMILES string of the molecule is CCCCC1CC(CC2CCNC(NCCCO)C2)CC2C#CC(C3CCCCC3)C3CC(O)C(OC)CC3CCC(=O)C(O)C(=O)C2C1. The number of carbonyl (C=O) groups excluding carboxylic acids is 2. The molecule has 8 nitrogen and oxygen atoms in total. The lowest BCUT2D eigenvalue weighted by molar-refractivity contribution is -0.142. The number of aliphatic hydroxyl groups is 3. The van der Waals surface area contributed by atoms with Gasteiger partial charge in [-0.05, 0) is 126 Å². The molecule has 278 valence electrons. The number of aliphatic hydroxyl groups excluding tert-OH is 3. The minimum Gasteiger partial charge on any atom is -0.396 e. The highest BCUT2D eigenvalue weighted by Gasteiger charge is 2.45. The minimum absolute atomic E-state index is 0.140. The van der Waals surface area contributed by atoms with Crippen LogP contribution in [-0.4, -0.2) is 78.2 Å². The van der Waals surface area contributed by atoms with Crippen LogP contribution in [0.25, 0.3) is 0 Å². The number of unbranched alkanes of at least 4 members (excludes halogenated alkanes) is 1. The largest absolute Gasteiger partial charge is 0.396 e. The maximum atomic E-state index is 14.2. The second-order valence-corrected chi connectivity index (χ2v) is 16.7. The number of rotatable bonds is 11. The van der Waals surface area contributed by atoms with E-state index in [4.69, 9.17) is 4.74 Å². The summed E-state index contributed by atoms with van der Waals surface area (Å²) in [5.41, 5.74) is 0. The zero-order chi connectivity index (χ0) is 34.8. The Morgan fingerprint density at radius 2 is 1.69 bits per heavy atom. The summed E-state index contributed by atoms with van der Waals surface area (Å²) in [4.78, 5) is 27.8. The Hall–Kier alpha value is -1.34. The maximum absolute atomic E-state index is 14.2. The van der Waals surface area contributed by atoms with Crippen LogP contribution in [0.2, 0.25) is 0 Å². The molecule has 0 spiro atoms. The lowest BCUT2D eigenvalue weighted by Crippen LogP contribution is -2.48. The minimum atomic E-state index is -1.58. The summed E-state index contributed by atoms with van der Waals surface area (Å²) in [7, 11) is 1.66. The standard InChI is InChI=1S/C41H68N2O6/c1-3-4-9-27-20-29(21-28-16-18-43-39(24-28)42-17-8-19-44)22-31-12-14-33(30-10-6-5-7-11-30)34-26-37(46)38(49-2)25-32(34)13-15-36(45)41(48)40(47)35(31)23-27/h27-35,37-39,41-44,46,48H,3-11,13,15-26H2,1-2H3. The van der Waals surface area contributed by atoms with Gasteiger partial charge >= 0.3 is 0 Å². The number of hydrogen-bond acceptors (Lipinski definition) is 8. The fraction of sp³-hybridized carbons (Fsp3) is 0.902. The molecule has 0 radical (unpaired) electrons. The van der Waals surface area contributed by atoms with E-state index in [-0.39, 0.29) is 60.5 Å². The molecule has 4 fully saturated rings. The van der Waals surface area contributed by atoms with Crippen LogP contribution >= 0.6 is 0 Å². The van der Waals surface area contributed by atoms with Crippen molar-refractivity contribution in [3.63, 3.8) is 0 Å². The number of ketones is 2. The van der Waals surface area contributed by atoms with Gasteiger partial charge in [-0.1, -0.05) is 57.3 Å². The fourth-order valence-corrected chi connectivity index (χ4v) is 10.7. The van der Waals surface area contributed by atoms with E-state index in [1.165, 1.54) is 19.3 Å². The van der Waals surface area contributed by atoms with Gasteiger partial charge in [0.1, 0.15) is 0 Å². The topological polar surface area (TPSA) is 128 Å². The monoisotopic (exact) mass is 685 g/mol. The van der Waals surface area contributed by atoms with Crippen LogP contribution in [0, 0.1) is 65.1 Å². The average molecular weight is 685 g/mol. The fourth-order valence-electron chi connectivity index (χ4n) is 10.7. The number of ether oxygens (including phenoxy) is 1. The molecule has 12 unspecified atom stereocenters. The van der Waals surface area contributed by atoms with E-state index in [1.54, 1.807) is 7.11 Å². The number of nitrogens with one attached hydrogen (secondary N) is 2. The van der Waals surface area contributed by atoms with Crippen molar-refractivity contribution in [2.45, 2.75) is 153 Å². The van der Waals surface area contributed by atoms with Crippen molar-refractivity contribution in [1.29, 1.82) is 0 Å². The number of carbonyl (C=O) groups is 2. The predicted octanol–water partition coefficient (Wildman–Crippen LogP) is 5.41. The predicted molar refractivity (Wildman–Crippen MR) is 192 cm³/mol. The normalized spacial score (nSPS) is 39.8. The molecule has 0 amide bonds. The highest BCUT2D eigenvalue weighted by atomic mass is 16.5. The van der Waals surface area contributed by atoms with E-state index in [0.29, 0.717) is 49.4 Å². The highest BCUT2D eigenvalue weighted by molar-refractivity contribution is 6.06. The van der Waals surface area contributed by atoms with E-state index >= 15 is 0 Å². The van der Waals surface area contributed by atoms with Crippen molar-refractivity contribution in [3.8, 4) is 11.8 Å². The van der Waals surface area contributed by atoms with Crippen LogP contribution in [0.1, 0.15) is 129 Å². The third-order valence-electron chi connectivity index (χ3n) is 13.3. The molecule has 12 atom stereocenters. The molecule has 5 N–H and O–H groups in total. The van der Waals surface area contributed by atoms with Crippen molar-refractivity contribution in [2.24, 2.45) is 53.3 Å². The molecule has 0 bridgehead atoms. The van der Waals surface area contributed by atoms with Crippen LogP contribution in [-0.2, 0) is 14.3 Å². The highest BCUT2D eigenvalue weighted by Crippen LogP contribution is 2.46. The van der Waals surface area contributed by atoms with Crippen molar-refractivity contribution in [1.82, 2.24) is 10.6 Å². The molecule has 5 rings (SSSR count). The molecule has 3 saturated carbocycles. The Kier molecular flexibility index (Phi) is 15.5. The van der Waals surface area contributed by atoms with Crippen LogP contribution < -0.4 is 10.6 Å². The van der Waals surface area contributed by atoms with Gasteiger partial charge in [0.25, 0.3) is 0 Å². The van der Waals surface area contributed by atoms with Crippen LogP contribution in [0.4, 0.5) is 0 Å². The smallest absolute Gasteiger partial charge is 0.173 e. The van der Waals surface area contributed by atoms with Crippen molar-refractivity contribution >= 4 is 11.6 Å². The summed E-state index contributed by atoms with van der Waals surface area (Å²) in [5, 5.41) is 39.0. The zero-order valence-electron chi connectivity index (χ0n) is 30.6. The second-order valence-electron chi connectivity index (χ2n) is 16.7. The molecular formula is C41H68N2O6. The van der Waals surface area contributed by atoms with Gasteiger partial charge < -0.3 is 30.7 Å². The molecular weight excluding hydrogens is 616 g/mol. The van der Waals surface area contributed by atoms with Crippen LogP contribution in [0.3, 0.4) is 0 Å². The summed E-state index contributed by atoms with van der Waals surface area (Å²) >= 11 is 0. The first-order chi connectivity index (χ1) is 23.8. The lowest BCUT2D eigenvalue weighted by atomic mass is 9.63. The van der Waals surface area contributed by atoms with Gasteiger partial charge in [0.05, 0.1) is 18.4 Å². The molecule has 1 saturated heterocycles. The third kappa shape index (κ3) is 10.6. The Bertz CT molecular complexity index is 1100. The quantitative estimate of drug-likeness (QED) is 0.111. The van der Waals surface area contributed by atoms with Gasteiger partial charge in [-0.3, -0.25) is 9.59 Å². The number of hydrogen-bond donors (Lipinski definition) is 5. The molecule has 0 aromatic rings. The van der Waals surface area contributed by atoms with E-state index in [9.17, 15) is 24.9 Å². The van der Waals surface area contributed by atoms with Gasteiger partial charge in [0.15, 0.2) is 17.7 Å². The van der Waals surface area contributed by atoms with Crippen LogP contribution in [0.15, 0.2) is 0 Å². The molecule has 8 heteroatoms. The number of Topliss-reactive ketones (excluding diaryl/α,β-unsaturated/α-hetero) is 2.